The van der Waals surface area contributed by atoms with Crippen molar-refractivity contribution in [3.63, 3.8) is 0 Å². The van der Waals surface area contributed by atoms with Crippen molar-refractivity contribution in [1.29, 1.82) is 0 Å². The van der Waals surface area contributed by atoms with Gasteiger partial charge in [0.1, 0.15) is 0 Å². The van der Waals surface area contributed by atoms with E-state index in [1.54, 1.807) is 0 Å². The quantitative estimate of drug-likeness (QED) is 0.334. The molecule has 0 unspecified atom stereocenters. The van der Waals surface area contributed by atoms with Gasteiger partial charge in [-0.2, -0.15) is 0 Å². The Morgan fingerprint density at radius 1 is 1.00 bits per heavy atom. The molecular weight excluding hydrogens is 415 g/mol. The Balaban J connectivity index is 3.01. The van der Waals surface area contributed by atoms with Gasteiger partial charge in [-0.1, -0.05) is 0 Å². The van der Waals surface area contributed by atoms with E-state index in [9.17, 15) is 5.11 Å². The number of nitrogens with one attached hydrogen (secondary N) is 1. The van der Waals surface area contributed by atoms with E-state index in [0.29, 0.717) is 16.6 Å². The summed E-state index contributed by atoms with van der Waals surface area (Å²) in [7, 11) is 0. The fraction of sp³-hybridized carbons (Fsp3) is 0.762. The van der Waals surface area contributed by atoms with Gasteiger partial charge in [-0.15, -0.1) is 0 Å². The number of pyridine rings is 1. The molecule has 144 valence electrons. The van der Waals surface area contributed by atoms with Crippen molar-refractivity contribution < 1.29 is 5.11 Å². The fourth-order valence-electron chi connectivity index (χ4n) is 4.18. The molecule has 1 aromatic heterocycles. The predicted octanol–water partition coefficient (Wildman–Crippen LogP) is 6.09. The molecule has 0 bridgehead atoms. The third-order valence-corrected chi connectivity index (χ3v) is 23.7. The summed E-state index contributed by atoms with van der Waals surface area (Å²) in [6.07, 6.45) is 9.69. The van der Waals surface area contributed by atoms with E-state index in [0.717, 1.165) is 5.82 Å². The third-order valence-electron chi connectivity index (χ3n) is 5.71. The second-order valence-electron chi connectivity index (χ2n) is 7.61. The number of nitrogens with zero attached hydrogens (tertiary/aromatic N) is 1. The minimum atomic E-state index is -2.46. The van der Waals surface area contributed by atoms with Crippen LogP contribution in [0.5, 0.6) is 0 Å². The van der Waals surface area contributed by atoms with Crippen molar-refractivity contribution in [3.8, 4) is 0 Å². The minimum absolute atomic E-state index is 0.307. The van der Waals surface area contributed by atoms with Gasteiger partial charge in [0.25, 0.3) is 0 Å². The molecule has 0 fully saturated rings. The molecule has 0 aromatic carbocycles. The molecule has 0 aliphatic heterocycles. The van der Waals surface area contributed by atoms with Crippen molar-refractivity contribution in [3.05, 3.63) is 24.4 Å². The molecule has 2 atom stereocenters. The summed E-state index contributed by atoms with van der Waals surface area (Å²) >= 11 is -2.46. The van der Waals surface area contributed by atoms with E-state index in [-0.39, 0.29) is 0 Å². The zero-order chi connectivity index (χ0) is 18.5. The summed E-state index contributed by atoms with van der Waals surface area (Å²) in [6, 6.07) is 6.32. The molecule has 0 saturated carbocycles. The molecule has 0 aliphatic carbocycles. The van der Waals surface area contributed by atoms with Crippen LogP contribution in [0, 0.1) is 0 Å². The Kier molecular flexibility index (Phi) is 11.8. The normalized spacial score (nSPS) is 14.3. The first kappa shape index (κ1) is 22.7. The summed E-state index contributed by atoms with van der Waals surface area (Å²) in [5.41, 5.74) is 0. The first-order valence-electron chi connectivity index (χ1n) is 10.4. The first-order valence-corrected chi connectivity index (χ1v) is 18.1. The standard InChI is InChI=1S/C9H13N2O.3C4H9.Sn/c1-8(5-7-12)11-9-4-2-3-6-10-9;3*1-3-4-2;/h2-6,8,12H,7H2,1H3,(H,10,11);3*1,3-4H2,2H3;/t8-;;;;/m0..../s1. The molecule has 0 amide bonds. The second kappa shape index (κ2) is 13.0. The van der Waals surface area contributed by atoms with Crippen LogP contribution in [-0.4, -0.2) is 41.1 Å². The molecule has 1 heterocycles. The zero-order valence-corrected chi connectivity index (χ0v) is 19.8. The van der Waals surface area contributed by atoms with E-state index in [4.69, 9.17) is 0 Å². The molecule has 2 N–H and O–H groups in total. The molecule has 0 aliphatic rings. The van der Waals surface area contributed by atoms with Crippen LogP contribution in [0.1, 0.15) is 66.2 Å². The van der Waals surface area contributed by atoms with E-state index >= 15 is 0 Å². The Morgan fingerprint density at radius 2 is 1.56 bits per heavy atom. The number of anilines is 1. The Labute approximate surface area is 159 Å². The Hall–Kier alpha value is -0.291. The van der Waals surface area contributed by atoms with Gasteiger partial charge in [-0.25, -0.2) is 0 Å². The molecule has 25 heavy (non-hydrogen) atoms. The van der Waals surface area contributed by atoms with Crippen LogP contribution < -0.4 is 5.32 Å². The average Bonchev–Trinajstić information content (AvgIpc) is 2.63. The van der Waals surface area contributed by atoms with Gasteiger partial charge in [0.2, 0.25) is 0 Å². The molecule has 0 radical (unpaired) electrons. The van der Waals surface area contributed by atoms with Crippen molar-refractivity contribution >= 4 is 24.2 Å². The van der Waals surface area contributed by atoms with E-state index < -0.39 is 18.4 Å². The SMILES string of the molecule is CCC[CH2][Sn]([CH2]CCC)([CH2]CCC)[C@H](CO)[C@H](C)Nc1ccccn1. The maximum atomic E-state index is 10.4. The molecule has 4 heteroatoms. The van der Waals surface area contributed by atoms with Crippen LogP contribution in [0.2, 0.25) is 17.2 Å². The number of unbranched alkanes of at least 4 members (excludes halogenated alkanes) is 3. The van der Waals surface area contributed by atoms with Crippen LogP contribution >= 0.6 is 0 Å². The van der Waals surface area contributed by atoms with Crippen LogP contribution in [-0.2, 0) is 0 Å². The van der Waals surface area contributed by atoms with E-state index in [1.807, 2.05) is 24.4 Å². The van der Waals surface area contributed by atoms with Crippen molar-refractivity contribution in [2.45, 2.75) is 89.5 Å². The zero-order valence-electron chi connectivity index (χ0n) is 16.9. The van der Waals surface area contributed by atoms with Crippen molar-refractivity contribution in [2.24, 2.45) is 0 Å². The van der Waals surface area contributed by atoms with E-state index in [1.165, 1.54) is 51.8 Å². The molecule has 1 aromatic rings. The average molecular weight is 455 g/mol. The molecule has 1 rings (SSSR count). The van der Waals surface area contributed by atoms with Gasteiger partial charge in [0.05, 0.1) is 0 Å². The maximum absolute atomic E-state index is 10.4. The summed E-state index contributed by atoms with van der Waals surface area (Å²) in [6.45, 7) is 9.53. The van der Waals surface area contributed by atoms with Crippen molar-refractivity contribution in [2.75, 3.05) is 11.9 Å². The van der Waals surface area contributed by atoms with Gasteiger partial charge in [0, 0.05) is 0 Å². The van der Waals surface area contributed by atoms with E-state index in [2.05, 4.69) is 38.0 Å². The summed E-state index contributed by atoms with van der Waals surface area (Å²) < 4.78 is 4.78. The van der Waals surface area contributed by atoms with Crippen molar-refractivity contribution in [1.82, 2.24) is 4.98 Å². The fourth-order valence-corrected chi connectivity index (χ4v) is 22.9. The molecule has 0 saturated heterocycles. The summed E-state index contributed by atoms with van der Waals surface area (Å²) in [5, 5.41) is 14.0. The first-order chi connectivity index (χ1) is 12.1. The number of aromatic nitrogens is 1. The van der Waals surface area contributed by atoms with Crippen LogP contribution in [0.3, 0.4) is 0 Å². The number of hydrogen-bond acceptors (Lipinski definition) is 3. The van der Waals surface area contributed by atoms with Crippen LogP contribution in [0.25, 0.3) is 0 Å². The van der Waals surface area contributed by atoms with Crippen LogP contribution in [0.4, 0.5) is 5.82 Å². The van der Waals surface area contributed by atoms with Crippen LogP contribution in [0.15, 0.2) is 24.4 Å². The predicted molar refractivity (Wildman–Crippen MR) is 113 cm³/mol. The third kappa shape index (κ3) is 7.46. The molecule has 0 spiro atoms. The number of rotatable bonds is 14. The number of aliphatic hydroxyl groups excluding tert-OH is 1. The number of hydrogen-bond donors (Lipinski definition) is 2. The van der Waals surface area contributed by atoms with Gasteiger partial charge in [-0.05, 0) is 0 Å². The Bertz CT molecular complexity index is 419. The van der Waals surface area contributed by atoms with Gasteiger partial charge < -0.3 is 0 Å². The topological polar surface area (TPSA) is 45.1 Å². The van der Waals surface area contributed by atoms with Gasteiger partial charge in [-0.3, -0.25) is 0 Å². The summed E-state index contributed by atoms with van der Waals surface area (Å²) in [5.74, 6) is 0.940. The second-order valence-corrected chi connectivity index (χ2v) is 21.8. The summed E-state index contributed by atoms with van der Waals surface area (Å²) in [4.78, 5) is 4.43. The monoisotopic (exact) mass is 456 g/mol. The molecular formula is C21H40N2OSn. The van der Waals surface area contributed by atoms with Gasteiger partial charge in [0.15, 0.2) is 0 Å². The van der Waals surface area contributed by atoms with Gasteiger partial charge >= 0.3 is 160 Å². The molecule has 3 nitrogen and oxygen atoms in total. The Morgan fingerprint density at radius 3 is 1.96 bits per heavy atom. The number of aliphatic hydroxyl groups is 1.